The standard InChI is InChI=1S/C16H14N2O4S/c19-11-8-13(22-9-12(11)20)16(21)17-7-3-6-15-18-10-4-1-2-5-14(10)23-15/h1-2,4-5,8-9,20H,3,6-7H2,(H,17,21). The Kier molecular flexibility index (Phi) is 4.38. The average Bonchev–Trinajstić information content (AvgIpc) is 2.96. The second-order valence-electron chi connectivity index (χ2n) is 4.93. The summed E-state index contributed by atoms with van der Waals surface area (Å²) in [4.78, 5) is 27.6. The largest absolute Gasteiger partial charge is 0.502 e. The van der Waals surface area contributed by atoms with Crippen LogP contribution in [0.3, 0.4) is 0 Å². The maximum Gasteiger partial charge on any atom is 0.287 e. The molecule has 7 heteroatoms. The summed E-state index contributed by atoms with van der Waals surface area (Å²) in [6, 6.07) is 8.92. The molecule has 2 N–H and O–H groups in total. The molecule has 0 saturated carbocycles. The summed E-state index contributed by atoms with van der Waals surface area (Å²) < 4.78 is 6.03. The van der Waals surface area contributed by atoms with Gasteiger partial charge in [0.15, 0.2) is 11.5 Å². The number of hydrogen-bond acceptors (Lipinski definition) is 6. The highest BCUT2D eigenvalue weighted by Crippen LogP contribution is 2.22. The predicted molar refractivity (Wildman–Crippen MR) is 86.9 cm³/mol. The number of carbonyl (C=O) groups excluding carboxylic acids is 1. The number of nitrogens with zero attached hydrogens (tertiary/aromatic N) is 1. The van der Waals surface area contributed by atoms with Crippen molar-refractivity contribution in [3.63, 3.8) is 0 Å². The van der Waals surface area contributed by atoms with Crippen molar-refractivity contribution in [2.75, 3.05) is 6.54 Å². The van der Waals surface area contributed by atoms with E-state index in [1.54, 1.807) is 11.3 Å². The fourth-order valence-electron chi connectivity index (χ4n) is 2.08. The second kappa shape index (κ2) is 6.62. The molecule has 118 valence electrons. The van der Waals surface area contributed by atoms with Gasteiger partial charge in [-0.15, -0.1) is 11.3 Å². The van der Waals surface area contributed by atoms with E-state index in [2.05, 4.69) is 10.3 Å². The lowest BCUT2D eigenvalue weighted by molar-refractivity contribution is 0.0922. The first-order valence-corrected chi connectivity index (χ1v) is 7.89. The van der Waals surface area contributed by atoms with Gasteiger partial charge in [0.1, 0.15) is 6.26 Å². The highest BCUT2D eigenvalue weighted by Gasteiger charge is 2.10. The summed E-state index contributed by atoms with van der Waals surface area (Å²) in [5, 5.41) is 12.8. The molecule has 0 bridgehead atoms. The highest BCUT2D eigenvalue weighted by molar-refractivity contribution is 7.18. The summed E-state index contributed by atoms with van der Waals surface area (Å²) >= 11 is 1.64. The van der Waals surface area contributed by atoms with Gasteiger partial charge in [0, 0.05) is 19.0 Å². The van der Waals surface area contributed by atoms with Gasteiger partial charge in [-0.25, -0.2) is 4.98 Å². The topological polar surface area (TPSA) is 92.4 Å². The molecule has 0 saturated heterocycles. The number of aryl methyl sites for hydroxylation is 1. The van der Waals surface area contributed by atoms with Gasteiger partial charge in [0.05, 0.1) is 15.2 Å². The Labute approximate surface area is 135 Å². The van der Waals surface area contributed by atoms with Crippen LogP contribution in [0.25, 0.3) is 10.2 Å². The van der Waals surface area contributed by atoms with Crippen LogP contribution in [0.5, 0.6) is 5.75 Å². The molecule has 23 heavy (non-hydrogen) atoms. The highest BCUT2D eigenvalue weighted by atomic mass is 32.1. The van der Waals surface area contributed by atoms with E-state index in [-0.39, 0.29) is 5.76 Å². The molecule has 0 unspecified atom stereocenters. The monoisotopic (exact) mass is 330 g/mol. The first kappa shape index (κ1) is 15.2. The molecule has 0 fully saturated rings. The van der Waals surface area contributed by atoms with Gasteiger partial charge in [0.2, 0.25) is 5.43 Å². The van der Waals surface area contributed by atoms with Crippen LogP contribution in [0.1, 0.15) is 22.0 Å². The Bertz CT molecular complexity index is 867. The first-order valence-electron chi connectivity index (χ1n) is 7.08. The number of rotatable bonds is 5. The van der Waals surface area contributed by atoms with Crippen molar-refractivity contribution in [1.29, 1.82) is 0 Å². The fraction of sp³-hybridized carbons (Fsp3) is 0.188. The van der Waals surface area contributed by atoms with Crippen molar-refractivity contribution >= 4 is 27.5 Å². The van der Waals surface area contributed by atoms with E-state index in [1.807, 2.05) is 24.3 Å². The van der Waals surface area contributed by atoms with Crippen LogP contribution in [0.4, 0.5) is 0 Å². The van der Waals surface area contributed by atoms with Crippen LogP contribution in [-0.4, -0.2) is 22.5 Å². The number of amides is 1. The van der Waals surface area contributed by atoms with Gasteiger partial charge in [0.25, 0.3) is 5.91 Å². The zero-order valence-corrected chi connectivity index (χ0v) is 12.9. The van der Waals surface area contributed by atoms with E-state index >= 15 is 0 Å². The Morgan fingerprint density at radius 3 is 2.96 bits per heavy atom. The Morgan fingerprint density at radius 2 is 2.17 bits per heavy atom. The molecule has 3 aromatic rings. The maximum atomic E-state index is 11.8. The Hall–Kier alpha value is -2.67. The molecule has 0 atom stereocenters. The average molecular weight is 330 g/mol. The van der Waals surface area contributed by atoms with Crippen molar-refractivity contribution in [2.45, 2.75) is 12.8 Å². The van der Waals surface area contributed by atoms with E-state index in [4.69, 9.17) is 9.52 Å². The minimum absolute atomic E-state index is 0.118. The molecule has 1 aromatic carbocycles. The normalized spacial score (nSPS) is 10.8. The molecular formula is C16H14N2O4S. The fourth-order valence-corrected chi connectivity index (χ4v) is 3.09. The van der Waals surface area contributed by atoms with Crippen molar-refractivity contribution in [3.05, 3.63) is 57.6 Å². The van der Waals surface area contributed by atoms with Crippen LogP contribution >= 0.6 is 11.3 Å². The van der Waals surface area contributed by atoms with Crippen molar-refractivity contribution in [2.24, 2.45) is 0 Å². The number of para-hydroxylation sites is 1. The molecule has 0 radical (unpaired) electrons. The number of hydrogen-bond donors (Lipinski definition) is 2. The summed E-state index contributed by atoms with van der Waals surface area (Å²) in [6.07, 6.45) is 2.35. The van der Waals surface area contributed by atoms with E-state index < -0.39 is 17.1 Å². The summed E-state index contributed by atoms with van der Waals surface area (Å²) in [5.74, 6) is -1.11. The van der Waals surface area contributed by atoms with E-state index in [9.17, 15) is 9.59 Å². The third-order valence-electron chi connectivity index (χ3n) is 3.23. The van der Waals surface area contributed by atoms with Crippen LogP contribution in [0, 0.1) is 0 Å². The smallest absolute Gasteiger partial charge is 0.287 e. The lowest BCUT2D eigenvalue weighted by Crippen LogP contribution is -2.25. The summed E-state index contributed by atoms with van der Waals surface area (Å²) in [5.41, 5.74) is 0.346. The number of fused-ring (bicyclic) bond motifs is 1. The molecule has 6 nitrogen and oxygen atoms in total. The van der Waals surface area contributed by atoms with Crippen LogP contribution in [0.2, 0.25) is 0 Å². The van der Waals surface area contributed by atoms with Crippen molar-refractivity contribution in [3.8, 4) is 5.75 Å². The second-order valence-corrected chi connectivity index (χ2v) is 6.04. The van der Waals surface area contributed by atoms with Gasteiger partial charge < -0.3 is 14.8 Å². The van der Waals surface area contributed by atoms with Gasteiger partial charge >= 0.3 is 0 Å². The third-order valence-corrected chi connectivity index (χ3v) is 4.32. The first-order chi connectivity index (χ1) is 11.1. The lowest BCUT2D eigenvalue weighted by atomic mass is 10.3. The number of thiazole rings is 1. The minimum atomic E-state index is -0.643. The molecule has 3 rings (SSSR count). The minimum Gasteiger partial charge on any atom is -0.502 e. The zero-order chi connectivity index (χ0) is 16.2. The molecule has 0 spiro atoms. The molecule has 2 aromatic heterocycles. The van der Waals surface area contributed by atoms with Crippen LogP contribution < -0.4 is 10.7 Å². The van der Waals surface area contributed by atoms with Crippen molar-refractivity contribution < 1.29 is 14.3 Å². The van der Waals surface area contributed by atoms with Crippen LogP contribution in [-0.2, 0) is 6.42 Å². The summed E-state index contributed by atoms with van der Waals surface area (Å²) in [6.45, 7) is 0.444. The van der Waals surface area contributed by atoms with E-state index in [0.29, 0.717) is 6.54 Å². The Balaban J connectivity index is 1.52. The third kappa shape index (κ3) is 3.57. The van der Waals surface area contributed by atoms with E-state index in [0.717, 1.165) is 40.4 Å². The molecular weight excluding hydrogens is 316 g/mol. The quantitative estimate of drug-likeness (QED) is 0.700. The summed E-state index contributed by atoms with van der Waals surface area (Å²) in [7, 11) is 0. The Morgan fingerprint density at radius 1 is 1.35 bits per heavy atom. The van der Waals surface area contributed by atoms with Crippen molar-refractivity contribution in [1.82, 2.24) is 10.3 Å². The van der Waals surface area contributed by atoms with Gasteiger partial charge in [-0.05, 0) is 18.6 Å². The number of nitrogens with one attached hydrogen (secondary N) is 1. The lowest BCUT2D eigenvalue weighted by Gasteiger charge is -2.03. The molecule has 0 aliphatic rings. The van der Waals surface area contributed by atoms with Gasteiger partial charge in [-0.1, -0.05) is 12.1 Å². The zero-order valence-electron chi connectivity index (χ0n) is 12.1. The number of aromatic hydroxyl groups is 1. The predicted octanol–water partition coefficient (Wildman–Crippen LogP) is 2.32. The molecule has 0 aliphatic heterocycles. The van der Waals surface area contributed by atoms with Gasteiger partial charge in [-0.3, -0.25) is 9.59 Å². The SMILES string of the molecule is O=C(NCCCc1nc2ccccc2s1)c1cc(=O)c(O)co1. The van der Waals surface area contributed by atoms with E-state index in [1.165, 1.54) is 0 Å². The van der Waals surface area contributed by atoms with Crippen LogP contribution in [0.15, 0.2) is 45.8 Å². The number of aromatic nitrogens is 1. The molecule has 2 heterocycles. The molecule has 1 amide bonds. The molecule has 0 aliphatic carbocycles. The number of carbonyl (C=O) groups is 1. The number of benzene rings is 1. The maximum absolute atomic E-state index is 11.8. The van der Waals surface area contributed by atoms with Gasteiger partial charge in [-0.2, -0.15) is 0 Å².